The first kappa shape index (κ1) is 18.1. The zero-order valence-electron chi connectivity index (χ0n) is 14.8. The first-order valence-corrected chi connectivity index (χ1v) is 9.45. The predicted molar refractivity (Wildman–Crippen MR) is 98.2 cm³/mol. The number of pyridine rings is 1. The summed E-state index contributed by atoms with van der Waals surface area (Å²) in [6, 6.07) is 8.65. The van der Waals surface area contributed by atoms with Crippen molar-refractivity contribution in [2.75, 3.05) is 7.11 Å². The summed E-state index contributed by atoms with van der Waals surface area (Å²) in [5.74, 6) is 0.499. The van der Waals surface area contributed by atoms with Crippen LogP contribution >= 0.6 is 0 Å². The van der Waals surface area contributed by atoms with Crippen molar-refractivity contribution in [2.45, 2.75) is 18.4 Å². The number of aromatic nitrogens is 3. The summed E-state index contributed by atoms with van der Waals surface area (Å²) in [4.78, 5) is 4.58. The highest BCUT2D eigenvalue weighted by atomic mass is 32.2. The van der Waals surface area contributed by atoms with Gasteiger partial charge in [-0.15, -0.1) is 0 Å². The van der Waals surface area contributed by atoms with Crippen LogP contribution in [0.3, 0.4) is 0 Å². The van der Waals surface area contributed by atoms with Crippen molar-refractivity contribution >= 4 is 10.0 Å². The summed E-state index contributed by atoms with van der Waals surface area (Å²) in [5.41, 5.74) is 3.12. The Morgan fingerprint density at radius 3 is 2.62 bits per heavy atom. The fraction of sp³-hybridized carbons (Fsp3) is 0.222. The number of benzene rings is 1. The van der Waals surface area contributed by atoms with Gasteiger partial charge in [-0.25, -0.2) is 13.1 Å². The van der Waals surface area contributed by atoms with Crippen LogP contribution in [0.15, 0.2) is 53.8 Å². The molecule has 26 heavy (non-hydrogen) atoms. The van der Waals surface area contributed by atoms with Gasteiger partial charge in [0.2, 0.25) is 10.0 Å². The van der Waals surface area contributed by atoms with Gasteiger partial charge in [-0.05, 0) is 30.2 Å². The normalized spacial score (nSPS) is 11.5. The molecule has 0 spiro atoms. The molecule has 0 fully saturated rings. The lowest BCUT2D eigenvalue weighted by molar-refractivity contribution is 0.413. The van der Waals surface area contributed by atoms with E-state index in [1.54, 1.807) is 36.1 Å². The fourth-order valence-electron chi connectivity index (χ4n) is 2.51. The number of hydrogen-bond acceptors (Lipinski definition) is 5. The van der Waals surface area contributed by atoms with Crippen molar-refractivity contribution in [2.24, 2.45) is 7.05 Å². The molecule has 0 unspecified atom stereocenters. The van der Waals surface area contributed by atoms with E-state index in [4.69, 9.17) is 4.74 Å². The second-order valence-corrected chi connectivity index (χ2v) is 7.65. The van der Waals surface area contributed by atoms with Crippen LogP contribution in [0.25, 0.3) is 11.3 Å². The van der Waals surface area contributed by atoms with E-state index >= 15 is 0 Å². The second-order valence-electron chi connectivity index (χ2n) is 5.91. The predicted octanol–water partition coefficient (Wildman–Crippen LogP) is 2.28. The van der Waals surface area contributed by atoms with Gasteiger partial charge in [0.05, 0.1) is 23.9 Å². The number of methoxy groups -OCH3 is 1. The minimum absolute atomic E-state index is 0.152. The van der Waals surface area contributed by atoms with Crippen molar-refractivity contribution in [3.8, 4) is 17.0 Å². The Morgan fingerprint density at radius 1 is 1.19 bits per heavy atom. The third-order valence-corrected chi connectivity index (χ3v) is 5.52. The maximum absolute atomic E-state index is 12.6. The van der Waals surface area contributed by atoms with Gasteiger partial charge >= 0.3 is 0 Å². The van der Waals surface area contributed by atoms with E-state index in [1.165, 1.54) is 13.2 Å². The van der Waals surface area contributed by atoms with Gasteiger partial charge in [0, 0.05) is 37.6 Å². The lowest BCUT2D eigenvalue weighted by Crippen LogP contribution is -2.24. The van der Waals surface area contributed by atoms with Gasteiger partial charge in [0.1, 0.15) is 5.75 Å². The average molecular weight is 372 g/mol. The topological polar surface area (TPSA) is 86.1 Å². The first-order valence-electron chi connectivity index (χ1n) is 7.97. The number of sulfonamides is 1. The van der Waals surface area contributed by atoms with Crippen LogP contribution in [0.2, 0.25) is 0 Å². The average Bonchev–Trinajstić information content (AvgIpc) is 3.07. The zero-order chi connectivity index (χ0) is 18.7. The van der Waals surface area contributed by atoms with E-state index < -0.39 is 10.0 Å². The maximum atomic E-state index is 12.6. The molecule has 0 aliphatic rings. The van der Waals surface area contributed by atoms with Crippen LogP contribution in [0.5, 0.6) is 5.75 Å². The number of rotatable bonds is 6. The molecule has 1 N–H and O–H groups in total. The molecule has 0 atom stereocenters. The van der Waals surface area contributed by atoms with E-state index in [0.717, 1.165) is 16.8 Å². The Hall–Kier alpha value is -2.71. The Labute approximate surface area is 152 Å². The number of hydrogen-bond donors (Lipinski definition) is 1. The monoisotopic (exact) mass is 372 g/mol. The molecule has 0 bridgehead atoms. The molecule has 1 aromatic carbocycles. The fourth-order valence-corrected chi connectivity index (χ4v) is 3.78. The maximum Gasteiger partial charge on any atom is 0.241 e. The standard InChI is InChI=1S/C18H20N4O3S/c1-13-4-6-16(25-3)8-18(13)26(23,24)21-10-14-5-7-17(19-9-14)15-11-20-22(2)12-15/h4-9,11-12,21H,10H2,1-3H3. The summed E-state index contributed by atoms with van der Waals surface area (Å²) in [5, 5.41) is 4.11. The molecule has 0 saturated heterocycles. The van der Waals surface area contributed by atoms with Crippen molar-refractivity contribution in [3.05, 3.63) is 60.0 Å². The van der Waals surface area contributed by atoms with Crippen molar-refractivity contribution in [3.63, 3.8) is 0 Å². The number of ether oxygens (including phenoxy) is 1. The Balaban J connectivity index is 1.74. The minimum Gasteiger partial charge on any atom is -0.497 e. The lowest BCUT2D eigenvalue weighted by Gasteiger charge is -2.11. The highest BCUT2D eigenvalue weighted by Crippen LogP contribution is 2.22. The first-order chi connectivity index (χ1) is 12.4. The molecule has 0 saturated carbocycles. The summed E-state index contributed by atoms with van der Waals surface area (Å²) < 4.78 is 34.6. The summed E-state index contributed by atoms with van der Waals surface area (Å²) >= 11 is 0. The van der Waals surface area contributed by atoms with Crippen LogP contribution in [-0.4, -0.2) is 30.3 Å². The largest absolute Gasteiger partial charge is 0.497 e. The molecule has 2 aromatic heterocycles. The highest BCUT2D eigenvalue weighted by molar-refractivity contribution is 7.89. The van der Waals surface area contributed by atoms with E-state index in [9.17, 15) is 8.42 Å². The SMILES string of the molecule is COc1ccc(C)c(S(=O)(=O)NCc2ccc(-c3cnn(C)c3)nc2)c1. The molecular formula is C18H20N4O3S. The molecule has 3 rings (SSSR count). The molecule has 0 amide bonds. The smallest absolute Gasteiger partial charge is 0.241 e. The van der Waals surface area contributed by atoms with Gasteiger partial charge < -0.3 is 4.74 Å². The summed E-state index contributed by atoms with van der Waals surface area (Å²) in [6.07, 6.45) is 5.26. The van der Waals surface area contributed by atoms with Crippen molar-refractivity contribution < 1.29 is 13.2 Å². The lowest BCUT2D eigenvalue weighted by atomic mass is 10.2. The van der Waals surface area contributed by atoms with Crippen molar-refractivity contribution in [1.29, 1.82) is 0 Å². The molecule has 0 aliphatic carbocycles. The zero-order valence-corrected chi connectivity index (χ0v) is 15.6. The van der Waals surface area contributed by atoms with Crippen LogP contribution in [0.4, 0.5) is 0 Å². The van der Waals surface area contributed by atoms with Gasteiger partial charge in [-0.1, -0.05) is 12.1 Å². The molecule has 0 aliphatic heterocycles. The number of aryl methyl sites for hydroxylation is 2. The Bertz CT molecular complexity index is 1010. The third-order valence-electron chi connectivity index (χ3n) is 3.98. The van der Waals surface area contributed by atoms with E-state index in [2.05, 4.69) is 14.8 Å². The van der Waals surface area contributed by atoms with Gasteiger partial charge in [0.15, 0.2) is 0 Å². The second kappa shape index (κ2) is 7.27. The van der Waals surface area contributed by atoms with Crippen LogP contribution in [-0.2, 0) is 23.6 Å². The Kier molecular flexibility index (Phi) is 5.06. The molecule has 136 valence electrons. The molecule has 2 heterocycles. The van der Waals surface area contributed by atoms with Gasteiger partial charge in [-0.3, -0.25) is 9.67 Å². The van der Waals surface area contributed by atoms with Crippen LogP contribution in [0.1, 0.15) is 11.1 Å². The highest BCUT2D eigenvalue weighted by Gasteiger charge is 2.17. The van der Waals surface area contributed by atoms with Crippen LogP contribution < -0.4 is 9.46 Å². The van der Waals surface area contributed by atoms with Gasteiger partial charge in [0.25, 0.3) is 0 Å². The molecular weight excluding hydrogens is 352 g/mol. The molecule has 7 nitrogen and oxygen atoms in total. The Morgan fingerprint density at radius 2 is 2.00 bits per heavy atom. The summed E-state index contributed by atoms with van der Waals surface area (Å²) in [7, 11) is -0.307. The molecule has 0 radical (unpaired) electrons. The number of nitrogens with zero attached hydrogens (tertiary/aromatic N) is 3. The summed E-state index contributed by atoms with van der Waals surface area (Å²) in [6.45, 7) is 1.90. The van der Waals surface area contributed by atoms with Crippen molar-refractivity contribution in [1.82, 2.24) is 19.5 Å². The van der Waals surface area contributed by atoms with E-state index in [1.807, 2.05) is 25.4 Å². The van der Waals surface area contributed by atoms with Gasteiger partial charge in [-0.2, -0.15) is 5.10 Å². The van der Waals surface area contributed by atoms with E-state index in [0.29, 0.717) is 11.3 Å². The minimum atomic E-state index is -3.65. The third kappa shape index (κ3) is 3.92. The molecule has 3 aromatic rings. The van der Waals surface area contributed by atoms with E-state index in [-0.39, 0.29) is 11.4 Å². The molecule has 8 heteroatoms. The quantitative estimate of drug-likeness (QED) is 0.717. The van der Waals surface area contributed by atoms with Crippen LogP contribution in [0, 0.1) is 6.92 Å². The number of nitrogens with one attached hydrogen (secondary N) is 1.